The number of hydrogen-bond donors (Lipinski definition) is 3. The lowest BCUT2D eigenvalue weighted by molar-refractivity contribution is -0.192. The Morgan fingerprint density at radius 2 is 1.36 bits per heavy atom. The van der Waals surface area contributed by atoms with E-state index in [4.69, 9.17) is 15.6 Å². The molecular formula is C24H23F12N5O3. The molecule has 0 spiro atoms. The van der Waals surface area contributed by atoms with E-state index in [9.17, 15) is 57.5 Å². The number of nitrogens with zero attached hydrogens (tertiary/aromatic N) is 3. The molecule has 1 heterocycles. The molecule has 1 aromatic carbocycles. The van der Waals surface area contributed by atoms with Gasteiger partial charge in [0.15, 0.2) is 0 Å². The van der Waals surface area contributed by atoms with Crippen molar-refractivity contribution < 1.29 is 67.4 Å². The van der Waals surface area contributed by atoms with Crippen LogP contribution in [0.4, 0.5) is 64.5 Å². The predicted molar refractivity (Wildman–Crippen MR) is 129 cm³/mol. The summed E-state index contributed by atoms with van der Waals surface area (Å²) in [5.41, 5.74) is -0.526. The molecule has 0 unspecified atom stereocenters. The maximum Gasteiger partial charge on any atom is 0.490 e. The highest BCUT2D eigenvalue weighted by atomic mass is 19.4. The zero-order valence-corrected chi connectivity index (χ0v) is 22.4. The standard InChI is InChI=1S/C22H22F9N5O.C2HF3O2/c1-36(2)18-15(22(29,30)31)9-33-19(35-18)34-12-5-3-10(4-6-12)16-13(17(32)37)7-11(20(23,24)25)8-14(16)21(26,27)28;3-2(4,5)1(6)7/h7-10,12H,3-6H2,1-2H3,(H2,32,37)(H,33,34,35);(H,6,7). The number of aromatic nitrogens is 2. The number of benzene rings is 1. The van der Waals surface area contributed by atoms with E-state index >= 15 is 0 Å². The second-order valence-corrected chi connectivity index (χ2v) is 9.66. The topological polar surface area (TPSA) is 121 Å². The van der Waals surface area contributed by atoms with Crippen LogP contribution in [-0.2, 0) is 23.3 Å². The minimum absolute atomic E-state index is 0.0229. The van der Waals surface area contributed by atoms with Crippen molar-refractivity contribution in [2.45, 2.75) is 62.3 Å². The molecule has 0 radical (unpaired) electrons. The number of anilines is 2. The van der Waals surface area contributed by atoms with Gasteiger partial charge < -0.3 is 21.1 Å². The van der Waals surface area contributed by atoms with Gasteiger partial charge >= 0.3 is 30.7 Å². The summed E-state index contributed by atoms with van der Waals surface area (Å²) >= 11 is 0. The van der Waals surface area contributed by atoms with Crippen LogP contribution in [0.5, 0.6) is 0 Å². The van der Waals surface area contributed by atoms with Gasteiger partial charge in [-0.1, -0.05) is 0 Å². The molecular weight excluding hydrogens is 634 g/mol. The number of aliphatic carboxylic acids is 1. The highest BCUT2D eigenvalue weighted by Gasteiger charge is 2.43. The van der Waals surface area contributed by atoms with Gasteiger partial charge in [0, 0.05) is 31.9 Å². The Morgan fingerprint density at radius 3 is 1.75 bits per heavy atom. The minimum atomic E-state index is -5.17. The summed E-state index contributed by atoms with van der Waals surface area (Å²) in [6.07, 6.45) is -19.0. The third kappa shape index (κ3) is 9.25. The Balaban J connectivity index is 0.000000860. The molecule has 1 aliphatic carbocycles. The Labute approximate surface area is 240 Å². The second kappa shape index (κ2) is 12.9. The normalized spacial score (nSPS) is 17.8. The molecule has 4 N–H and O–H groups in total. The number of carboxylic acids is 1. The number of rotatable bonds is 5. The maximum absolute atomic E-state index is 13.8. The van der Waals surface area contributed by atoms with Gasteiger partial charge in [0.25, 0.3) is 0 Å². The molecule has 1 saturated carbocycles. The monoisotopic (exact) mass is 657 g/mol. The molecule has 3 rings (SSSR count). The summed E-state index contributed by atoms with van der Waals surface area (Å²) in [5, 5.41) is 9.98. The lowest BCUT2D eigenvalue weighted by Gasteiger charge is -2.32. The number of primary amides is 1. The first-order valence-corrected chi connectivity index (χ1v) is 12.1. The summed E-state index contributed by atoms with van der Waals surface area (Å²) in [6.45, 7) is 0. The first kappa shape index (κ1) is 36.2. The Morgan fingerprint density at radius 1 is 0.864 bits per heavy atom. The van der Waals surface area contributed by atoms with Gasteiger partial charge in [-0.15, -0.1) is 0 Å². The summed E-state index contributed by atoms with van der Waals surface area (Å²) in [4.78, 5) is 29.5. The first-order chi connectivity index (χ1) is 19.8. The molecule has 20 heteroatoms. The molecule has 0 bridgehead atoms. The zero-order chi connectivity index (χ0) is 34.0. The summed E-state index contributed by atoms with van der Waals surface area (Å²) in [6, 6.07) is -0.134. The molecule has 1 fully saturated rings. The summed E-state index contributed by atoms with van der Waals surface area (Å²) < 4.78 is 152. The van der Waals surface area contributed by atoms with Crippen molar-refractivity contribution in [3.05, 3.63) is 46.1 Å². The smallest absolute Gasteiger partial charge is 0.475 e. The molecule has 44 heavy (non-hydrogen) atoms. The van der Waals surface area contributed by atoms with Gasteiger partial charge in [0.1, 0.15) is 11.4 Å². The fourth-order valence-corrected chi connectivity index (χ4v) is 4.39. The Hall–Kier alpha value is -4.00. The van der Waals surface area contributed by atoms with E-state index in [0.717, 1.165) is 4.90 Å². The number of alkyl halides is 12. The van der Waals surface area contributed by atoms with Crippen molar-refractivity contribution in [2.75, 3.05) is 24.3 Å². The van der Waals surface area contributed by atoms with Crippen LogP contribution >= 0.6 is 0 Å². The number of hydrogen-bond acceptors (Lipinski definition) is 6. The molecule has 1 aliphatic rings. The lowest BCUT2D eigenvalue weighted by atomic mass is 9.77. The van der Waals surface area contributed by atoms with Crippen molar-refractivity contribution in [1.82, 2.24) is 9.97 Å². The number of carbonyl (C=O) groups is 2. The maximum atomic E-state index is 13.8. The van der Waals surface area contributed by atoms with Crippen molar-refractivity contribution in [3.63, 3.8) is 0 Å². The number of nitrogens with one attached hydrogen (secondary N) is 1. The SMILES string of the molecule is CN(C)c1nc(NC2CCC(c3c(C(N)=O)cc(C(F)(F)F)cc3C(F)(F)F)CC2)ncc1C(F)(F)F.O=C(O)C(F)(F)F. The van der Waals surface area contributed by atoms with Gasteiger partial charge in [-0.05, 0) is 49.3 Å². The van der Waals surface area contributed by atoms with Gasteiger partial charge in [-0.3, -0.25) is 4.79 Å². The van der Waals surface area contributed by atoms with Gasteiger partial charge in [-0.25, -0.2) is 9.78 Å². The largest absolute Gasteiger partial charge is 0.490 e. The third-order valence-electron chi connectivity index (χ3n) is 6.29. The van der Waals surface area contributed by atoms with Crippen LogP contribution in [0.25, 0.3) is 0 Å². The van der Waals surface area contributed by atoms with Crippen molar-refractivity contribution in [2.24, 2.45) is 5.73 Å². The predicted octanol–water partition coefficient (Wildman–Crippen LogP) is 6.47. The van der Waals surface area contributed by atoms with E-state index in [1.54, 1.807) is 0 Å². The number of carboxylic acid groups (broad SMARTS) is 1. The number of halogens is 12. The van der Waals surface area contributed by atoms with Crippen LogP contribution in [0.15, 0.2) is 18.3 Å². The second-order valence-electron chi connectivity index (χ2n) is 9.66. The van der Waals surface area contributed by atoms with E-state index in [1.807, 2.05) is 0 Å². The average molecular weight is 657 g/mol. The highest BCUT2D eigenvalue weighted by Crippen LogP contribution is 2.45. The molecule has 0 atom stereocenters. The molecule has 2 aromatic rings. The fraction of sp³-hybridized carbons (Fsp3) is 0.500. The molecule has 0 aliphatic heterocycles. The number of amides is 1. The van der Waals surface area contributed by atoms with E-state index in [0.29, 0.717) is 12.3 Å². The van der Waals surface area contributed by atoms with Crippen molar-refractivity contribution in [1.29, 1.82) is 0 Å². The van der Waals surface area contributed by atoms with Gasteiger partial charge in [0.05, 0.1) is 11.1 Å². The first-order valence-electron chi connectivity index (χ1n) is 12.1. The molecule has 1 amide bonds. The van der Waals surface area contributed by atoms with Crippen LogP contribution < -0.4 is 16.0 Å². The van der Waals surface area contributed by atoms with Crippen molar-refractivity contribution >= 4 is 23.6 Å². The zero-order valence-electron chi connectivity index (χ0n) is 22.4. The summed E-state index contributed by atoms with van der Waals surface area (Å²) in [7, 11) is 2.73. The van der Waals surface area contributed by atoms with Gasteiger partial charge in [-0.2, -0.15) is 57.7 Å². The molecule has 246 valence electrons. The van der Waals surface area contributed by atoms with E-state index in [1.165, 1.54) is 14.1 Å². The minimum Gasteiger partial charge on any atom is -0.475 e. The van der Waals surface area contributed by atoms with Crippen LogP contribution in [0.2, 0.25) is 0 Å². The number of nitrogens with two attached hydrogens (primary N) is 1. The van der Waals surface area contributed by atoms with E-state index in [-0.39, 0.29) is 43.5 Å². The molecule has 8 nitrogen and oxygen atoms in total. The van der Waals surface area contributed by atoms with E-state index in [2.05, 4.69) is 15.3 Å². The molecule has 0 saturated heterocycles. The van der Waals surface area contributed by atoms with Gasteiger partial charge in [0.2, 0.25) is 11.9 Å². The molecule has 1 aromatic heterocycles. The number of carbonyl (C=O) groups excluding carboxylic acids is 1. The Kier molecular flexibility index (Phi) is 10.6. The quantitative estimate of drug-likeness (QED) is 0.315. The van der Waals surface area contributed by atoms with Crippen LogP contribution in [0.3, 0.4) is 0 Å². The average Bonchev–Trinajstić information content (AvgIpc) is 2.86. The lowest BCUT2D eigenvalue weighted by Crippen LogP contribution is -2.29. The van der Waals surface area contributed by atoms with Crippen LogP contribution in [-0.4, -0.2) is 53.3 Å². The van der Waals surface area contributed by atoms with Crippen LogP contribution in [0.1, 0.15) is 64.2 Å². The Bertz CT molecular complexity index is 1350. The van der Waals surface area contributed by atoms with Crippen LogP contribution in [0, 0.1) is 0 Å². The van der Waals surface area contributed by atoms with Crippen molar-refractivity contribution in [3.8, 4) is 0 Å². The third-order valence-corrected chi connectivity index (χ3v) is 6.29. The van der Waals surface area contributed by atoms with E-state index < -0.39 is 76.4 Å². The summed E-state index contributed by atoms with van der Waals surface area (Å²) in [5.74, 6) is -5.60. The fourth-order valence-electron chi connectivity index (χ4n) is 4.39. The highest BCUT2D eigenvalue weighted by molar-refractivity contribution is 5.95.